The number of carbonyl (C=O) groups excluding carboxylic acids is 3. The molecule has 29 heavy (non-hydrogen) atoms. The zero-order chi connectivity index (χ0) is 20.6. The van der Waals surface area contributed by atoms with Crippen LogP contribution < -0.4 is 15.5 Å². The number of anilines is 2. The molecular formula is C22H30N4O3. The SMILES string of the molecule is Cc1cc(NC(=O)CN2C(=O)N[C@]3(CCCC[C@H]3C)C2=O)ccc1N1CCCC1. The van der Waals surface area contributed by atoms with Crippen LogP contribution in [0.1, 0.15) is 51.0 Å². The standard InChI is InChI=1S/C22H30N4O3/c1-15-13-17(8-9-18(15)25-11-5-6-12-25)23-19(27)14-26-20(28)22(24-21(26)29)10-4-3-7-16(22)2/h8-9,13,16H,3-7,10-12,14H2,1-2H3,(H,23,27)(H,24,29)/t16-,22+/m1/s1. The maximum absolute atomic E-state index is 13.0. The molecule has 156 valence electrons. The predicted molar refractivity (Wildman–Crippen MR) is 112 cm³/mol. The van der Waals surface area contributed by atoms with Crippen molar-refractivity contribution in [3.8, 4) is 0 Å². The third-order valence-corrected chi connectivity index (χ3v) is 6.73. The van der Waals surface area contributed by atoms with Crippen molar-refractivity contribution >= 4 is 29.2 Å². The molecule has 2 aliphatic heterocycles. The van der Waals surface area contributed by atoms with Crippen molar-refractivity contribution in [1.82, 2.24) is 10.2 Å². The van der Waals surface area contributed by atoms with E-state index in [2.05, 4.69) is 15.5 Å². The van der Waals surface area contributed by atoms with Gasteiger partial charge in [0.2, 0.25) is 5.91 Å². The summed E-state index contributed by atoms with van der Waals surface area (Å²) in [5, 5.41) is 5.73. The Morgan fingerprint density at radius 3 is 2.66 bits per heavy atom. The lowest BCUT2D eigenvalue weighted by molar-refractivity contribution is -0.136. The van der Waals surface area contributed by atoms with E-state index in [0.29, 0.717) is 12.1 Å². The van der Waals surface area contributed by atoms with E-state index in [1.807, 2.05) is 32.0 Å². The van der Waals surface area contributed by atoms with Gasteiger partial charge in [-0.05, 0) is 62.3 Å². The van der Waals surface area contributed by atoms with Crippen LogP contribution in [-0.2, 0) is 9.59 Å². The number of aryl methyl sites for hydroxylation is 1. The molecule has 2 N–H and O–H groups in total. The minimum absolute atomic E-state index is 0.0848. The topological polar surface area (TPSA) is 81.8 Å². The minimum Gasteiger partial charge on any atom is -0.371 e. The molecule has 1 saturated carbocycles. The Kier molecular flexibility index (Phi) is 5.23. The summed E-state index contributed by atoms with van der Waals surface area (Å²) < 4.78 is 0. The van der Waals surface area contributed by atoms with Crippen LogP contribution in [0.15, 0.2) is 18.2 Å². The maximum Gasteiger partial charge on any atom is 0.325 e. The molecule has 4 rings (SSSR count). The first-order chi connectivity index (χ1) is 13.9. The smallest absolute Gasteiger partial charge is 0.325 e. The van der Waals surface area contributed by atoms with Crippen molar-refractivity contribution < 1.29 is 14.4 Å². The Morgan fingerprint density at radius 1 is 1.21 bits per heavy atom. The van der Waals surface area contributed by atoms with Crippen LogP contribution >= 0.6 is 0 Å². The van der Waals surface area contributed by atoms with Crippen LogP contribution in [0.3, 0.4) is 0 Å². The first-order valence-electron chi connectivity index (χ1n) is 10.7. The van der Waals surface area contributed by atoms with Crippen molar-refractivity contribution in [2.45, 2.75) is 57.9 Å². The molecule has 0 aromatic heterocycles. The molecule has 0 unspecified atom stereocenters. The minimum atomic E-state index is -0.830. The van der Waals surface area contributed by atoms with Gasteiger partial charge in [-0.15, -0.1) is 0 Å². The number of imide groups is 1. The zero-order valence-electron chi connectivity index (χ0n) is 17.3. The summed E-state index contributed by atoms with van der Waals surface area (Å²) in [5.41, 5.74) is 2.16. The summed E-state index contributed by atoms with van der Waals surface area (Å²) in [6.45, 7) is 5.92. The second kappa shape index (κ2) is 7.69. The highest BCUT2D eigenvalue weighted by atomic mass is 16.2. The summed E-state index contributed by atoms with van der Waals surface area (Å²) in [7, 11) is 0. The number of carbonyl (C=O) groups is 3. The molecular weight excluding hydrogens is 368 g/mol. The number of benzene rings is 1. The van der Waals surface area contributed by atoms with Crippen molar-refractivity contribution in [3.63, 3.8) is 0 Å². The lowest BCUT2D eigenvalue weighted by Crippen LogP contribution is -2.54. The molecule has 0 bridgehead atoms. The molecule has 3 aliphatic rings. The molecule has 2 atom stereocenters. The van der Waals surface area contributed by atoms with Gasteiger partial charge in [0.1, 0.15) is 12.1 Å². The van der Waals surface area contributed by atoms with E-state index in [1.165, 1.54) is 18.5 Å². The molecule has 2 saturated heterocycles. The molecule has 1 aliphatic carbocycles. The van der Waals surface area contributed by atoms with E-state index in [0.717, 1.165) is 42.8 Å². The highest BCUT2D eigenvalue weighted by molar-refractivity contribution is 6.10. The molecule has 3 fully saturated rings. The highest BCUT2D eigenvalue weighted by Crippen LogP contribution is 2.38. The van der Waals surface area contributed by atoms with Gasteiger partial charge in [0, 0.05) is 24.5 Å². The fourth-order valence-corrected chi connectivity index (χ4v) is 5.03. The lowest BCUT2D eigenvalue weighted by Gasteiger charge is -2.36. The fraction of sp³-hybridized carbons (Fsp3) is 0.591. The average Bonchev–Trinajstić information content (AvgIpc) is 3.28. The number of urea groups is 1. The third kappa shape index (κ3) is 3.58. The van der Waals surface area contributed by atoms with Gasteiger partial charge in [0.15, 0.2) is 0 Å². The van der Waals surface area contributed by atoms with Crippen molar-refractivity contribution in [2.75, 3.05) is 29.9 Å². The number of amides is 4. The first-order valence-corrected chi connectivity index (χ1v) is 10.7. The van der Waals surface area contributed by atoms with E-state index in [-0.39, 0.29) is 24.3 Å². The highest BCUT2D eigenvalue weighted by Gasteiger charge is 2.55. The van der Waals surface area contributed by atoms with Crippen molar-refractivity contribution in [2.24, 2.45) is 5.92 Å². The Balaban J connectivity index is 1.41. The molecule has 4 amide bonds. The van der Waals surface area contributed by atoms with Crippen LogP contribution in [0.4, 0.5) is 16.2 Å². The summed E-state index contributed by atoms with van der Waals surface area (Å²) in [4.78, 5) is 41.4. The monoisotopic (exact) mass is 398 g/mol. The summed E-state index contributed by atoms with van der Waals surface area (Å²) >= 11 is 0. The quantitative estimate of drug-likeness (QED) is 0.764. The van der Waals surface area contributed by atoms with Gasteiger partial charge in [-0.25, -0.2) is 4.79 Å². The van der Waals surface area contributed by atoms with E-state index < -0.39 is 11.6 Å². The van der Waals surface area contributed by atoms with Crippen LogP contribution in [0.2, 0.25) is 0 Å². The Labute approximate surface area is 171 Å². The van der Waals surface area contributed by atoms with E-state index in [1.54, 1.807) is 0 Å². The van der Waals surface area contributed by atoms with Crippen LogP contribution in [0.5, 0.6) is 0 Å². The van der Waals surface area contributed by atoms with Crippen LogP contribution in [0.25, 0.3) is 0 Å². The van der Waals surface area contributed by atoms with E-state index in [9.17, 15) is 14.4 Å². The van der Waals surface area contributed by atoms with E-state index >= 15 is 0 Å². The second-order valence-electron chi connectivity index (χ2n) is 8.68. The van der Waals surface area contributed by atoms with Gasteiger partial charge in [0.25, 0.3) is 5.91 Å². The average molecular weight is 399 g/mol. The summed E-state index contributed by atoms with van der Waals surface area (Å²) in [6, 6.07) is 5.40. The van der Waals surface area contributed by atoms with E-state index in [4.69, 9.17) is 0 Å². The summed E-state index contributed by atoms with van der Waals surface area (Å²) in [6.07, 6.45) is 5.97. The third-order valence-electron chi connectivity index (χ3n) is 6.73. The molecule has 7 heteroatoms. The lowest BCUT2D eigenvalue weighted by atomic mass is 9.73. The molecule has 1 aromatic rings. The normalized spacial score (nSPS) is 26.9. The van der Waals surface area contributed by atoms with Gasteiger partial charge >= 0.3 is 6.03 Å². The zero-order valence-corrected chi connectivity index (χ0v) is 17.3. The molecule has 2 heterocycles. The Hall–Kier alpha value is -2.57. The van der Waals surface area contributed by atoms with Gasteiger partial charge in [-0.1, -0.05) is 19.8 Å². The fourth-order valence-electron chi connectivity index (χ4n) is 5.03. The maximum atomic E-state index is 13.0. The molecule has 1 aromatic carbocycles. The number of nitrogens with zero attached hydrogens (tertiary/aromatic N) is 2. The predicted octanol–water partition coefficient (Wildman–Crippen LogP) is 3.03. The Bertz CT molecular complexity index is 833. The van der Waals surface area contributed by atoms with Crippen molar-refractivity contribution in [1.29, 1.82) is 0 Å². The van der Waals surface area contributed by atoms with Gasteiger partial charge in [-0.2, -0.15) is 0 Å². The van der Waals surface area contributed by atoms with Crippen LogP contribution in [0, 0.1) is 12.8 Å². The largest absolute Gasteiger partial charge is 0.371 e. The number of hydrogen-bond acceptors (Lipinski definition) is 4. The number of hydrogen-bond donors (Lipinski definition) is 2. The van der Waals surface area contributed by atoms with Crippen LogP contribution in [-0.4, -0.2) is 47.9 Å². The first kappa shape index (κ1) is 19.7. The van der Waals surface area contributed by atoms with Gasteiger partial charge < -0.3 is 15.5 Å². The van der Waals surface area contributed by atoms with Gasteiger partial charge in [0.05, 0.1) is 0 Å². The van der Waals surface area contributed by atoms with Crippen molar-refractivity contribution in [3.05, 3.63) is 23.8 Å². The number of rotatable bonds is 4. The summed E-state index contributed by atoms with van der Waals surface area (Å²) in [5.74, 6) is -0.533. The van der Waals surface area contributed by atoms with Gasteiger partial charge in [-0.3, -0.25) is 14.5 Å². The number of nitrogens with one attached hydrogen (secondary N) is 2. The second-order valence-corrected chi connectivity index (χ2v) is 8.68. The molecule has 0 radical (unpaired) electrons. The Morgan fingerprint density at radius 2 is 1.97 bits per heavy atom. The molecule has 7 nitrogen and oxygen atoms in total. The molecule has 1 spiro atoms.